The summed E-state index contributed by atoms with van der Waals surface area (Å²) in [5.74, 6) is 1.08. The molecule has 0 aliphatic carbocycles. The molecular formula is C26H38IN5O. The first-order chi connectivity index (χ1) is 15.6. The van der Waals surface area contributed by atoms with Crippen molar-refractivity contribution >= 4 is 41.5 Å². The van der Waals surface area contributed by atoms with Crippen LogP contribution in [0.25, 0.3) is 0 Å². The highest BCUT2D eigenvalue weighted by Gasteiger charge is 2.20. The molecule has 7 heteroatoms. The lowest BCUT2D eigenvalue weighted by Gasteiger charge is -2.24. The van der Waals surface area contributed by atoms with Gasteiger partial charge in [-0.1, -0.05) is 36.4 Å². The summed E-state index contributed by atoms with van der Waals surface area (Å²) >= 11 is 0. The van der Waals surface area contributed by atoms with Crippen LogP contribution in [0.3, 0.4) is 0 Å². The maximum Gasteiger partial charge on any atom is 0.222 e. The summed E-state index contributed by atoms with van der Waals surface area (Å²) in [5.41, 5.74) is 4.87. The number of guanidine groups is 1. The van der Waals surface area contributed by atoms with E-state index in [4.69, 9.17) is 4.99 Å². The second-order valence-corrected chi connectivity index (χ2v) is 8.23. The number of amides is 1. The van der Waals surface area contributed by atoms with E-state index in [1.165, 1.54) is 22.4 Å². The Kier molecular flexibility index (Phi) is 11.5. The number of halogens is 1. The number of nitrogens with zero attached hydrogens (tertiary/aromatic N) is 3. The summed E-state index contributed by atoms with van der Waals surface area (Å²) in [6, 6.07) is 16.9. The Labute approximate surface area is 215 Å². The molecular weight excluding hydrogens is 525 g/mol. The second kappa shape index (κ2) is 14.1. The Morgan fingerprint density at radius 1 is 1.09 bits per heavy atom. The van der Waals surface area contributed by atoms with E-state index >= 15 is 0 Å². The fraction of sp³-hybridized carbons (Fsp3) is 0.462. The number of likely N-dealkylation sites (N-methyl/N-ethyl adjacent to an activating group) is 1. The molecule has 1 aliphatic rings. The van der Waals surface area contributed by atoms with E-state index in [1.54, 1.807) is 0 Å². The average Bonchev–Trinajstić information content (AvgIpc) is 3.20. The van der Waals surface area contributed by atoms with E-state index in [9.17, 15) is 4.79 Å². The molecule has 1 aliphatic heterocycles. The van der Waals surface area contributed by atoms with Crippen molar-refractivity contribution in [2.24, 2.45) is 4.99 Å². The zero-order valence-corrected chi connectivity index (χ0v) is 22.5. The summed E-state index contributed by atoms with van der Waals surface area (Å²) in [7, 11) is 0. The Morgan fingerprint density at radius 3 is 2.55 bits per heavy atom. The summed E-state index contributed by atoms with van der Waals surface area (Å²) in [4.78, 5) is 21.2. The van der Waals surface area contributed by atoms with Gasteiger partial charge in [0.2, 0.25) is 5.91 Å². The molecule has 1 fully saturated rings. The van der Waals surface area contributed by atoms with Crippen LogP contribution in [-0.4, -0.2) is 49.5 Å². The van der Waals surface area contributed by atoms with Gasteiger partial charge in [0.25, 0.3) is 0 Å². The predicted molar refractivity (Wildman–Crippen MR) is 148 cm³/mol. The molecule has 0 atom stereocenters. The Hall–Kier alpha value is -2.29. The van der Waals surface area contributed by atoms with E-state index < -0.39 is 0 Å². The number of aliphatic imine (C=N–C) groups is 1. The average molecular weight is 564 g/mol. The van der Waals surface area contributed by atoms with E-state index in [2.05, 4.69) is 72.7 Å². The molecule has 3 rings (SSSR count). The minimum absolute atomic E-state index is 0. The number of rotatable bonds is 10. The first kappa shape index (κ1) is 27.0. The molecule has 0 spiro atoms. The fourth-order valence-electron chi connectivity index (χ4n) is 4.05. The number of nitrogens with one attached hydrogen (secondary N) is 2. The topological polar surface area (TPSA) is 60.0 Å². The van der Waals surface area contributed by atoms with Crippen molar-refractivity contribution in [1.29, 1.82) is 0 Å². The molecule has 0 unspecified atom stereocenters. The standard InChI is InChI=1S/C26H37N5O.HI/c1-4-27-26(28-15-17-30(5-2)24-13-8-10-21(3)18-24)29-19-22-11-6-7-12-23(22)20-31-16-9-14-25(31)32;/h6-8,10-13,18H,4-5,9,14-17,19-20H2,1-3H3,(H2,27,28,29);1H. The van der Waals surface area contributed by atoms with Crippen molar-refractivity contribution in [1.82, 2.24) is 15.5 Å². The number of benzene rings is 2. The summed E-state index contributed by atoms with van der Waals surface area (Å²) in [5, 5.41) is 6.82. The fourth-order valence-corrected chi connectivity index (χ4v) is 4.05. The third kappa shape index (κ3) is 8.21. The number of hydrogen-bond acceptors (Lipinski definition) is 3. The van der Waals surface area contributed by atoms with Gasteiger partial charge >= 0.3 is 0 Å². The van der Waals surface area contributed by atoms with Gasteiger partial charge in [-0.05, 0) is 56.0 Å². The molecule has 2 aromatic rings. The van der Waals surface area contributed by atoms with Crippen molar-refractivity contribution in [3.8, 4) is 0 Å². The quantitative estimate of drug-likeness (QED) is 0.257. The number of aryl methyl sites for hydroxylation is 1. The van der Waals surface area contributed by atoms with Gasteiger partial charge in [0.05, 0.1) is 6.54 Å². The van der Waals surface area contributed by atoms with Crippen LogP contribution in [0.15, 0.2) is 53.5 Å². The maximum atomic E-state index is 12.0. The summed E-state index contributed by atoms with van der Waals surface area (Å²) in [6.45, 7) is 12.0. The number of hydrogen-bond donors (Lipinski definition) is 2. The van der Waals surface area contributed by atoms with E-state index in [1.807, 2.05) is 17.0 Å². The highest BCUT2D eigenvalue weighted by Crippen LogP contribution is 2.18. The molecule has 0 saturated carbocycles. The van der Waals surface area contributed by atoms with Crippen LogP contribution in [0.4, 0.5) is 5.69 Å². The first-order valence-electron chi connectivity index (χ1n) is 11.8. The lowest BCUT2D eigenvalue weighted by Crippen LogP contribution is -2.41. The van der Waals surface area contributed by atoms with Crippen LogP contribution in [0, 0.1) is 6.92 Å². The minimum atomic E-state index is 0. The Balaban J connectivity index is 0.00000385. The molecule has 33 heavy (non-hydrogen) atoms. The van der Waals surface area contributed by atoms with Crippen molar-refractivity contribution < 1.29 is 4.79 Å². The minimum Gasteiger partial charge on any atom is -0.370 e. The van der Waals surface area contributed by atoms with Gasteiger partial charge in [-0.3, -0.25) is 4.79 Å². The molecule has 180 valence electrons. The lowest BCUT2D eigenvalue weighted by atomic mass is 10.1. The molecule has 1 saturated heterocycles. The van der Waals surface area contributed by atoms with Gasteiger partial charge < -0.3 is 20.4 Å². The van der Waals surface area contributed by atoms with E-state index in [-0.39, 0.29) is 29.9 Å². The van der Waals surface area contributed by atoms with Crippen molar-refractivity contribution in [3.05, 3.63) is 65.2 Å². The van der Waals surface area contributed by atoms with Gasteiger partial charge in [-0.25, -0.2) is 4.99 Å². The molecule has 2 aromatic carbocycles. The predicted octanol–water partition coefficient (Wildman–Crippen LogP) is 4.32. The van der Waals surface area contributed by atoms with Crippen LogP contribution in [-0.2, 0) is 17.9 Å². The first-order valence-corrected chi connectivity index (χ1v) is 11.8. The number of likely N-dealkylation sites (tertiary alicyclic amines) is 1. The van der Waals surface area contributed by atoms with Crippen LogP contribution >= 0.6 is 24.0 Å². The largest absolute Gasteiger partial charge is 0.370 e. The van der Waals surface area contributed by atoms with Crippen molar-refractivity contribution in [2.75, 3.05) is 37.6 Å². The molecule has 1 amide bonds. The third-order valence-electron chi connectivity index (χ3n) is 5.83. The van der Waals surface area contributed by atoms with Crippen LogP contribution in [0.1, 0.15) is 43.4 Å². The monoisotopic (exact) mass is 563 g/mol. The molecule has 0 aromatic heterocycles. The van der Waals surface area contributed by atoms with Gasteiger partial charge in [0.15, 0.2) is 5.96 Å². The Bertz CT molecular complexity index is 917. The highest BCUT2D eigenvalue weighted by atomic mass is 127. The molecule has 0 bridgehead atoms. The number of carbonyl (C=O) groups excluding carboxylic acids is 1. The zero-order chi connectivity index (χ0) is 22.8. The van der Waals surface area contributed by atoms with Crippen LogP contribution in [0.2, 0.25) is 0 Å². The molecule has 1 heterocycles. The summed E-state index contributed by atoms with van der Waals surface area (Å²) < 4.78 is 0. The van der Waals surface area contributed by atoms with Gasteiger partial charge in [0, 0.05) is 51.4 Å². The smallest absolute Gasteiger partial charge is 0.222 e. The van der Waals surface area contributed by atoms with Crippen molar-refractivity contribution in [2.45, 2.75) is 46.7 Å². The van der Waals surface area contributed by atoms with Gasteiger partial charge in [0.1, 0.15) is 0 Å². The molecule has 6 nitrogen and oxygen atoms in total. The van der Waals surface area contributed by atoms with Gasteiger partial charge in [-0.15, -0.1) is 24.0 Å². The molecule has 2 N–H and O–H groups in total. The van der Waals surface area contributed by atoms with E-state index in [0.717, 1.165) is 45.1 Å². The van der Waals surface area contributed by atoms with Crippen molar-refractivity contribution in [3.63, 3.8) is 0 Å². The number of carbonyl (C=O) groups is 1. The van der Waals surface area contributed by atoms with Crippen LogP contribution < -0.4 is 15.5 Å². The highest BCUT2D eigenvalue weighted by molar-refractivity contribution is 14.0. The lowest BCUT2D eigenvalue weighted by molar-refractivity contribution is -0.128. The van der Waals surface area contributed by atoms with E-state index in [0.29, 0.717) is 19.5 Å². The SMILES string of the molecule is CCNC(=NCc1ccccc1CN1CCCC1=O)NCCN(CC)c1cccc(C)c1.I. The normalized spacial score (nSPS) is 13.6. The second-order valence-electron chi connectivity index (χ2n) is 8.23. The van der Waals surface area contributed by atoms with Crippen LogP contribution in [0.5, 0.6) is 0 Å². The third-order valence-corrected chi connectivity index (χ3v) is 5.83. The molecule has 0 radical (unpaired) electrons. The zero-order valence-electron chi connectivity index (χ0n) is 20.1. The van der Waals surface area contributed by atoms with Gasteiger partial charge in [-0.2, -0.15) is 0 Å². The summed E-state index contributed by atoms with van der Waals surface area (Å²) in [6.07, 6.45) is 1.64. The maximum absolute atomic E-state index is 12.0. The number of anilines is 1. The Morgan fingerprint density at radius 2 is 1.88 bits per heavy atom.